The van der Waals surface area contributed by atoms with Crippen molar-refractivity contribution >= 4 is 12.0 Å². The predicted octanol–water partition coefficient (Wildman–Crippen LogP) is 4.28. The molecule has 1 aromatic carbocycles. The molecule has 1 aliphatic carbocycles. The molecule has 3 heterocycles. The second-order valence-corrected chi connectivity index (χ2v) is 12.9. The summed E-state index contributed by atoms with van der Waals surface area (Å²) in [5.41, 5.74) is 0.612. The van der Waals surface area contributed by atoms with Gasteiger partial charge in [-0.1, -0.05) is 49.6 Å². The highest BCUT2D eigenvalue weighted by Gasteiger charge is 2.44. The standard InChI is InChI=1S/C31H45N3O6/c1-31(2,3)33-28(36)25-16-21-11-7-8-12-22(21)17-34(25)18-26(35)24(15-20-9-5-4-6-10-20)32-30(37)40-27-19-39-29-23(27)13-14-38-29/h4-6,9-10,18,21-25,27,29,35H,7-8,11-17,19H2,1-3H3,(H,32,37)(H,33,36)/b26-18-/t21-,22+,23+,24?,25-,27+,29-/m0/s1. The lowest BCUT2D eigenvalue weighted by molar-refractivity contribution is -0.130. The molecule has 2 amide bonds. The van der Waals surface area contributed by atoms with E-state index >= 15 is 0 Å². The molecule has 3 N–H and O–H groups in total. The van der Waals surface area contributed by atoms with Crippen LogP contribution in [0.15, 0.2) is 42.3 Å². The first-order valence-electron chi connectivity index (χ1n) is 14.9. The largest absolute Gasteiger partial charge is 0.509 e. The number of carbonyl (C=O) groups excluding carboxylic acids is 2. The molecule has 9 nitrogen and oxygen atoms in total. The van der Waals surface area contributed by atoms with Gasteiger partial charge in [0.15, 0.2) is 6.29 Å². The topological polar surface area (TPSA) is 109 Å². The van der Waals surface area contributed by atoms with E-state index in [1.54, 1.807) is 6.20 Å². The van der Waals surface area contributed by atoms with Crippen molar-refractivity contribution in [2.45, 2.75) is 95.7 Å². The summed E-state index contributed by atoms with van der Waals surface area (Å²) in [5.74, 6) is 1.02. The third kappa shape index (κ3) is 7.10. The second kappa shape index (κ2) is 12.4. The second-order valence-electron chi connectivity index (χ2n) is 12.9. The summed E-state index contributed by atoms with van der Waals surface area (Å²) in [5, 5.41) is 17.5. The van der Waals surface area contributed by atoms with Crippen molar-refractivity contribution in [1.29, 1.82) is 0 Å². The van der Waals surface area contributed by atoms with Gasteiger partial charge in [-0.25, -0.2) is 4.79 Å². The van der Waals surface area contributed by atoms with Gasteiger partial charge < -0.3 is 34.9 Å². The minimum absolute atomic E-state index is 0.00775. The van der Waals surface area contributed by atoms with Crippen molar-refractivity contribution in [3.05, 3.63) is 47.9 Å². The van der Waals surface area contributed by atoms with Crippen LogP contribution < -0.4 is 10.6 Å². The van der Waals surface area contributed by atoms with Gasteiger partial charge in [0, 0.05) is 24.7 Å². The van der Waals surface area contributed by atoms with Gasteiger partial charge in [-0.05, 0) is 57.4 Å². The number of fused-ring (bicyclic) bond motifs is 2. The molecule has 7 atom stereocenters. The number of hydrogen-bond donors (Lipinski definition) is 3. The van der Waals surface area contributed by atoms with Crippen LogP contribution in [-0.2, 0) is 25.4 Å². The highest BCUT2D eigenvalue weighted by molar-refractivity contribution is 5.82. The van der Waals surface area contributed by atoms with Crippen molar-refractivity contribution in [1.82, 2.24) is 15.5 Å². The molecule has 0 radical (unpaired) electrons. The van der Waals surface area contributed by atoms with E-state index in [9.17, 15) is 14.7 Å². The minimum atomic E-state index is -0.719. The van der Waals surface area contributed by atoms with Gasteiger partial charge in [0.05, 0.1) is 25.2 Å². The molecule has 220 valence electrons. The Hall–Kier alpha value is -2.78. The maximum atomic E-state index is 13.4. The SMILES string of the molecule is CC(C)(C)NC(=O)[C@@H]1C[C@@H]2CCCC[C@@H]2CN1/C=C(\O)C(Cc1ccccc1)NC(=O)O[C@@H]1CO[C@@H]2OCC[C@@H]21. The quantitative estimate of drug-likeness (QED) is 0.431. The maximum absolute atomic E-state index is 13.4. The van der Waals surface area contributed by atoms with Gasteiger partial charge in [0.25, 0.3) is 0 Å². The van der Waals surface area contributed by atoms with E-state index < -0.39 is 12.1 Å². The smallest absolute Gasteiger partial charge is 0.408 e. The number of nitrogens with zero attached hydrogens (tertiary/aromatic N) is 1. The zero-order chi connectivity index (χ0) is 28.3. The van der Waals surface area contributed by atoms with Gasteiger partial charge in [0.1, 0.15) is 17.9 Å². The number of hydrogen-bond acceptors (Lipinski definition) is 7. The zero-order valence-electron chi connectivity index (χ0n) is 24.0. The lowest BCUT2D eigenvalue weighted by Gasteiger charge is -2.46. The maximum Gasteiger partial charge on any atom is 0.408 e. The van der Waals surface area contributed by atoms with Crippen LogP contribution in [0.5, 0.6) is 0 Å². The molecule has 3 aliphatic heterocycles. The Morgan fingerprint density at radius 2 is 1.88 bits per heavy atom. The fourth-order valence-corrected chi connectivity index (χ4v) is 6.71. The third-order valence-electron chi connectivity index (χ3n) is 8.71. The molecular formula is C31H45N3O6. The van der Waals surface area contributed by atoms with Crippen LogP contribution in [-0.4, -0.2) is 71.8 Å². The molecule has 1 saturated carbocycles. The molecule has 5 rings (SSSR count). The van der Waals surface area contributed by atoms with Crippen molar-refractivity contribution < 1.29 is 28.9 Å². The fraction of sp³-hybridized carbons (Fsp3) is 0.677. The van der Waals surface area contributed by atoms with E-state index in [0.29, 0.717) is 38.0 Å². The van der Waals surface area contributed by atoms with Crippen molar-refractivity contribution in [3.8, 4) is 0 Å². The first-order chi connectivity index (χ1) is 19.2. The Bertz CT molecular complexity index is 1060. The summed E-state index contributed by atoms with van der Waals surface area (Å²) in [7, 11) is 0. The van der Waals surface area contributed by atoms with E-state index in [0.717, 1.165) is 31.2 Å². The summed E-state index contributed by atoms with van der Waals surface area (Å²) < 4.78 is 16.9. The van der Waals surface area contributed by atoms with E-state index in [4.69, 9.17) is 14.2 Å². The van der Waals surface area contributed by atoms with Crippen LogP contribution in [0.2, 0.25) is 0 Å². The Morgan fingerprint density at radius 1 is 1.12 bits per heavy atom. The molecule has 4 fully saturated rings. The number of amides is 2. The molecule has 1 unspecified atom stereocenters. The van der Waals surface area contributed by atoms with Gasteiger partial charge in [-0.15, -0.1) is 0 Å². The number of ether oxygens (including phenoxy) is 3. The predicted molar refractivity (Wildman–Crippen MR) is 150 cm³/mol. The Morgan fingerprint density at radius 3 is 2.62 bits per heavy atom. The van der Waals surface area contributed by atoms with E-state index in [2.05, 4.69) is 10.6 Å². The number of nitrogens with one attached hydrogen (secondary N) is 2. The number of aliphatic hydroxyl groups excluding tert-OH is 1. The zero-order valence-corrected chi connectivity index (χ0v) is 24.0. The van der Waals surface area contributed by atoms with Gasteiger partial charge in [0.2, 0.25) is 5.91 Å². The molecule has 0 bridgehead atoms. The van der Waals surface area contributed by atoms with Crippen molar-refractivity contribution in [3.63, 3.8) is 0 Å². The average molecular weight is 556 g/mol. The first kappa shape index (κ1) is 28.7. The van der Waals surface area contributed by atoms with E-state index in [1.807, 2.05) is 56.0 Å². The first-order valence-corrected chi connectivity index (χ1v) is 14.9. The lowest BCUT2D eigenvalue weighted by Crippen LogP contribution is -2.56. The van der Waals surface area contributed by atoms with Crippen molar-refractivity contribution in [2.24, 2.45) is 17.8 Å². The van der Waals surface area contributed by atoms with Crippen LogP contribution in [0.3, 0.4) is 0 Å². The lowest BCUT2D eigenvalue weighted by atomic mass is 9.73. The minimum Gasteiger partial charge on any atom is -0.509 e. The monoisotopic (exact) mass is 555 g/mol. The van der Waals surface area contributed by atoms with Crippen LogP contribution in [0.4, 0.5) is 4.79 Å². The van der Waals surface area contributed by atoms with Crippen LogP contribution in [0, 0.1) is 17.8 Å². The highest BCUT2D eigenvalue weighted by Crippen LogP contribution is 2.39. The summed E-state index contributed by atoms with van der Waals surface area (Å²) in [6, 6.07) is 8.63. The van der Waals surface area contributed by atoms with Gasteiger partial charge >= 0.3 is 6.09 Å². The Balaban J connectivity index is 1.34. The molecular weight excluding hydrogens is 510 g/mol. The number of alkyl carbamates (subject to hydrolysis) is 1. The fourth-order valence-electron chi connectivity index (χ4n) is 6.71. The number of piperidine rings is 1. The number of carbonyl (C=O) groups is 2. The number of rotatable bonds is 7. The normalized spacial score (nSPS) is 31.2. The molecule has 3 saturated heterocycles. The van der Waals surface area contributed by atoms with E-state index in [-0.39, 0.29) is 41.6 Å². The summed E-state index contributed by atoms with van der Waals surface area (Å²) in [6.45, 7) is 7.55. The van der Waals surface area contributed by atoms with Gasteiger partial charge in [-0.3, -0.25) is 4.79 Å². The molecule has 4 aliphatic rings. The average Bonchev–Trinajstić information content (AvgIpc) is 3.53. The summed E-state index contributed by atoms with van der Waals surface area (Å²) in [4.78, 5) is 28.5. The molecule has 40 heavy (non-hydrogen) atoms. The highest BCUT2D eigenvalue weighted by atomic mass is 16.7. The van der Waals surface area contributed by atoms with Gasteiger partial charge in [-0.2, -0.15) is 0 Å². The van der Waals surface area contributed by atoms with Crippen LogP contribution in [0.1, 0.15) is 64.9 Å². The molecule has 0 aromatic heterocycles. The van der Waals surface area contributed by atoms with Crippen LogP contribution in [0.25, 0.3) is 0 Å². The molecule has 0 spiro atoms. The van der Waals surface area contributed by atoms with E-state index in [1.165, 1.54) is 12.8 Å². The number of benzene rings is 1. The van der Waals surface area contributed by atoms with Crippen molar-refractivity contribution in [2.75, 3.05) is 19.8 Å². The number of aliphatic hydroxyl groups is 1. The molecule has 1 aromatic rings. The Kier molecular flexibility index (Phi) is 8.90. The number of likely N-dealkylation sites (tertiary alicyclic amines) is 1. The summed E-state index contributed by atoms with van der Waals surface area (Å²) in [6.07, 6.45) is 7.01. The Labute approximate surface area is 237 Å². The molecule has 9 heteroatoms. The third-order valence-corrected chi connectivity index (χ3v) is 8.71. The van der Waals surface area contributed by atoms with Crippen LogP contribution >= 0.6 is 0 Å². The summed E-state index contributed by atoms with van der Waals surface area (Å²) >= 11 is 0.